The van der Waals surface area contributed by atoms with E-state index in [9.17, 15) is 5.11 Å². The van der Waals surface area contributed by atoms with Crippen LogP contribution in [0.4, 0.5) is 0 Å². The first-order valence-electron chi connectivity index (χ1n) is 6.07. The molecule has 0 amide bonds. The van der Waals surface area contributed by atoms with Crippen LogP contribution >= 0.6 is 0 Å². The third-order valence-corrected chi connectivity index (χ3v) is 2.42. The maximum absolute atomic E-state index is 9.21. The standard InChI is InChI=1S/C12H26O2/c1-3-5-6-7-8-9-10-14-11-12(13)4-2/h12-13H,3-11H2,1-2H3/t12-/m0/s1. The van der Waals surface area contributed by atoms with Gasteiger partial charge in [-0.25, -0.2) is 0 Å². The zero-order valence-corrected chi connectivity index (χ0v) is 9.80. The Morgan fingerprint density at radius 1 is 1.00 bits per heavy atom. The van der Waals surface area contributed by atoms with E-state index in [-0.39, 0.29) is 6.10 Å². The molecule has 1 atom stereocenters. The van der Waals surface area contributed by atoms with Crippen molar-refractivity contribution < 1.29 is 9.84 Å². The third kappa shape index (κ3) is 10.0. The van der Waals surface area contributed by atoms with E-state index in [0.29, 0.717) is 6.61 Å². The molecule has 0 aromatic heterocycles. The summed E-state index contributed by atoms with van der Waals surface area (Å²) in [6.45, 7) is 5.52. The Kier molecular flexibility index (Phi) is 10.9. The molecule has 0 aromatic carbocycles. The molecule has 2 heteroatoms. The van der Waals surface area contributed by atoms with Gasteiger partial charge in [-0.2, -0.15) is 0 Å². The Bertz CT molecular complexity index is 104. The molecule has 0 fully saturated rings. The summed E-state index contributed by atoms with van der Waals surface area (Å²) in [6.07, 6.45) is 8.27. The second-order valence-corrected chi connectivity index (χ2v) is 3.90. The minimum Gasteiger partial charge on any atom is -0.391 e. The average molecular weight is 202 g/mol. The van der Waals surface area contributed by atoms with Crippen molar-refractivity contribution in [1.29, 1.82) is 0 Å². The van der Waals surface area contributed by atoms with Crippen molar-refractivity contribution in [3.63, 3.8) is 0 Å². The molecule has 86 valence electrons. The summed E-state index contributed by atoms with van der Waals surface area (Å²) in [5, 5.41) is 9.21. The highest BCUT2D eigenvalue weighted by molar-refractivity contribution is 4.49. The summed E-state index contributed by atoms with van der Waals surface area (Å²) >= 11 is 0. The fourth-order valence-electron chi connectivity index (χ4n) is 1.32. The van der Waals surface area contributed by atoms with E-state index in [1.54, 1.807) is 0 Å². The molecule has 0 aliphatic carbocycles. The average Bonchev–Trinajstić information content (AvgIpc) is 2.21. The summed E-state index contributed by atoms with van der Waals surface area (Å²) in [4.78, 5) is 0. The van der Waals surface area contributed by atoms with E-state index < -0.39 is 0 Å². The summed E-state index contributed by atoms with van der Waals surface area (Å²) in [7, 11) is 0. The van der Waals surface area contributed by atoms with Crippen LogP contribution in [0.1, 0.15) is 58.8 Å². The van der Waals surface area contributed by atoms with Crippen molar-refractivity contribution in [2.45, 2.75) is 64.9 Å². The number of hydrogen-bond acceptors (Lipinski definition) is 2. The van der Waals surface area contributed by atoms with Gasteiger partial charge in [0, 0.05) is 6.61 Å². The van der Waals surface area contributed by atoms with Crippen LogP contribution in [0.5, 0.6) is 0 Å². The Labute approximate surface area is 88.7 Å². The summed E-state index contributed by atoms with van der Waals surface area (Å²) in [5.41, 5.74) is 0. The van der Waals surface area contributed by atoms with Gasteiger partial charge in [-0.05, 0) is 12.8 Å². The van der Waals surface area contributed by atoms with Crippen molar-refractivity contribution in [1.82, 2.24) is 0 Å². The minimum absolute atomic E-state index is 0.268. The molecular formula is C12H26O2. The first-order valence-corrected chi connectivity index (χ1v) is 6.07. The molecule has 0 heterocycles. The lowest BCUT2D eigenvalue weighted by Crippen LogP contribution is -2.14. The summed E-state index contributed by atoms with van der Waals surface area (Å²) in [6, 6.07) is 0. The molecule has 0 spiro atoms. The number of unbranched alkanes of at least 4 members (excludes halogenated alkanes) is 5. The smallest absolute Gasteiger partial charge is 0.0771 e. The van der Waals surface area contributed by atoms with Crippen molar-refractivity contribution in [3.05, 3.63) is 0 Å². The fraction of sp³-hybridized carbons (Fsp3) is 1.00. The van der Waals surface area contributed by atoms with Crippen LogP contribution in [0.15, 0.2) is 0 Å². The van der Waals surface area contributed by atoms with E-state index in [4.69, 9.17) is 4.74 Å². The fourth-order valence-corrected chi connectivity index (χ4v) is 1.32. The first-order chi connectivity index (χ1) is 6.81. The van der Waals surface area contributed by atoms with Gasteiger partial charge in [0.15, 0.2) is 0 Å². The highest BCUT2D eigenvalue weighted by atomic mass is 16.5. The lowest BCUT2D eigenvalue weighted by molar-refractivity contribution is 0.0335. The normalized spacial score (nSPS) is 13.1. The molecule has 0 aliphatic heterocycles. The Morgan fingerprint density at radius 3 is 2.29 bits per heavy atom. The number of ether oxygens (including phenoxy) is 1. The van der Waals surface area contributed by atoms with Crippen molar-refractivity contribution in [2.24, 2.45) is 0 Å². The lowest BCUT2D eigenvalue weighted by atomic mass is 10.1. The molecule has 14 heavy (non-hydrogen) atoms. The van der Waals surface area contributed by atoms with Crippen LogP contribution in [0.25, 0.3) is 0 Å². The van der Waals surface area contributed by atoms with Gasteiger partial charge in [-0.15, -0.1) is 0 Å². The zero-order valence-electron chi connectivity index (χ0n) is 9.80. The van der Waals surface area contributed by atoms with E-state index >= 15 is 0 Å². The number of hydrogen-bond donors (Lipinski definition) is 1. The Balaban J connectivity index is 2.92. The van der Waals surface area contributed by atoms with Crippen molar-refractivity contribution in [2.75, 3.05) is 13.2 Å². The largest absolute Gasteiger partial charge is 0.391 e. The summed E-state index contributed by atoms with van der Waals surface area (Å²) < 4.78 is 5.34. The minimum atomic E-state index is -0.268. The van der Waals surface area contributed by atoms with Gasteiger partial charge in [0.05, 0.1) is 12.7 Å². The van der Waals surface area contributed by atoms with Gasteiger partial charge in [0.25, 0.3) is 0 Å². The monoisotopic (exact) mass is 202 g/mol. The van der Waals surface area contributed by atoms with Gasteiger partial charge in [-0.1, -0.05) is 46.0 Å². The topological polar surface area (TPSA) is 29.5 Å². The molecule has 0 aliphatic rings. The molecule has 0 unspecified atom stereocenters. The van der Waals surface area contributed by atoms with Gasteiger partial charge in [-0.3, -0.25) is 0 Å². The third-order valence-electron chi connectivity index (χ3n) is 2.42. The van der Waals surface area contributed by atoms with Gasteiger partial charge in [0.2, 0.25) is 0 Å². The van der Waals surface area contributed by atoms with Crippen LogP contribution in [0, 0.1) is 0 Å². The van der Waals surface area contributed by atoms with Crippen LogP contribution in [-0.4, -0.2) is 24.4 Å². The van der Waals surface area contributed by atoms with E-state index in [2.05, 4.69) is 6.92 Å². The second kappa shape index (κ2) is 11.0. The molecule has 1 N–H and O–H groups in total. The predicted octanol–water partition coefficient (Wildman–Crippen LogP) is 3.13. The predicted molar refractivity (Wildman–Crippen MR) is 60.5 cm³/mol. The second-order valence-electron chi connectivity index (χ2n) is 3.90. The molecule has 0 bridgehead atoms. The zero-order chi connectivity index (χ0) is 10.6. The van der Waals surface area contributed by atoms with Gasteiger partial charge in [0.1, 0.15) is 0 Å². The van der Waals surface area contributed by atoms with E-state index in [0.717, 1.165) is 19.4 Å². The van der Waals surface area contributed by atoms with Crippen LogP contribution in [0.2, 0.25) is 0 Å². The number of aliphatic hydroxyl groups excluding tert-OH is 1. The van der Waals surface area contributed by atoms with Crippen LogP contribution in [0.3, 0.4) is 0 Å². The SMILES string of the molecule is CCCCCCCCOC[C@@H](O)CC. The molecule has 0 rings (SSSR count). The molecule has 0 saturated heterocycles. The Morgan fingerprint density at radius 2 is 1.64 bits per heavy atom. The Hall–Kier alpha value is -0.0800. The quantitative estimate of drug-likeness (QED) is 0.551. The van der Waals surface area contributed by atoms with Crippen molar-refractivity contribution >= 4 is 0 Å². The van der Waals surface area contributed by atoms with Crippen LogP contribution < -0.4 is 0 Å². The van der Waals surface area contributed by atoms with Crippen LogP contribution in [-0.2, 0) is 4.74 Å². The summed E-state index contributed by atoms with van der Waals surface area (Å²) in [5.74, 6) is 0. The number of aliphatic hydroxyl groups is 1. The first kappa shape index (κ1) is 13.9. The van der Waals surface area contributed by atoms with E-state index in [1.165, 1.54) is 32.1 Å². The molecule has 0 radical (unpaired) electrons. The molecule has 0 saturated carbocycles. The van der Waals surface area contributed by atoms with E-state index in [1.807, 2.05) is 6.92 Å². The van der Waals surface area contributed by atoms with Crippen molar-refractivity contribution in [3.8, 4) is 0 Å². The lowest BCUT2D eigenvalue weighted by Gasteiger charge is -2.08. The highest BCUT2D eigenvalue weighted by Gasteiger charge is 1.99. The molecule has 2 nitrogen and oxygen atoms in total. The van der Waals surface area contributed by atoms with Gasteiger partial charge >= 0.3 is 0 Å². The molecule has 0 aromatic rings. The molecular weight excluding hydrogens is 176 g/mol. The maximum atomic E-state index is 9.21. The number of rotatable bonds is 10. The van der Waals surface area contributed by atoms with Gasteiger partial charge < -0.3 is 9.84 Å². The highest BCUT2D eigenvalue weighted by Crippen LogP contribution is 2.05. The maximum Gasteiger partial charge on any atom is 0.0771 e.